The number of rotatable bonds is 3. The van der Waals surface area contributed by atoms with Gasteiger partial charge in [0.25, 0.3) is 0 Å². The van der Waals surface area contributed by atoms with E-state index in [1.54, 1.807) is 6.08 Å². The molecule has 2 aliphatic rings. The van der Waals surface area contributed by atoms with Crippen molar-refractivity contribution in [2.45, 2.75) is 32.1 Å². The molecule has 122 valence electrons. The van der Waals surface area contributed by atoms with Crippen molar-refractivity contribution >= 4 is 17.5 Å². The Hall–Kier alpha value is -2.35. The molecule has 4 rings (SSSR count). The van der Waals surface area contributed by atoms with Gasteiger partial charge in [-0.25, -0.2) is 0 Å². The lowest BCUT2D eigenvalue weighted by Gasteiger charge is -2.28. The second-order valence-corrected chi connectivity index (χ2v) is 6.90. The Morgan fingerprint density at radius 1 is 0.833 bits per heavy atom. The molecule has 0 radical (unpaired) electrons. The van der Waals surface area contributed by atoms with Gasteiger partial charge in [-0.3, -0.25) is 4.79 Å². The first-order valence-corrected chi connectivity index (χ1v) is 8.94. The molecule has 2 heteroatoms. The fourth-order valence-corrected chi connectivity index (χ4v) is 3.73. The van der Waals surface area contributed by atoms with Crippen LogP contribution in [0.25, 0.3) is 6.08 Å². The van der Waals surface area contributed by atoms with Crippen LogP contribution >= 0.6 is 0 Å². The first kappa shape index (κ1) is 15.2. The third-order valence-electron chi connectivity index (χ3n) is 5.09. The highest BCUT2D eigenvalue weighted by molar-refractivity contribution is 5.98. The summed E-state index contributed by atoms with van der Waals surface area (Å²) in [6.07, 6.45) is 9.05. The summed E-state index contributed by atoms with van der Waals surface area (Å²) >= 11 is 0. The number of hydrogen-bond acceptors (Lipinski definition) is 2. The average Bonchev–Trinajstić information content (AvgIpc) is 2.63. The molecule has 0 bridgehead atoms. The van der Waals surface area contributed by atoms with E-state index in [0.717, 1.165) is 12.0 Å². The summed E-state index contributed by atoms with van der Waals surface area (Å²) in [5, 5.41) is 0. The molecule has 0 spiro atoms. The molecule has 0 N–H and O–H groups in total. The van der Waals surface area contributed by atoms with Crippen molar-refractivity contribution in [2.75, 3.05) is 18.0 Å². The van der Waals surface area contributed by atoms with Gasteiger partial charge < -0.3 is 4.90 Å². The molecule has 1 fully saturated rings. The van der Waals surface area contributed by atoms with Crippen LogP contribution in [0.2, 0.25) is 0 Å². The number of nitrogens with zero attached hydrogens (tertiary/aromatic N) is 1. The second-order valence-electron chi connectivity index (χ2n) is 6.90. The maximum Gasteiger partial charge on any atom is 0.160 e. The number of anilines is 1. The Morgan fingerprint density at radius 3 is 2.38 bits per heavy atom. The summed E-state index contributed by atoms with van der Waals surface area (Å²) in [6, 6.07) is 15.5. The van der Waals surface area contributed by atoms with Gasteiger partial charge in [-0.15, -0.1) is 0 Å². The lowest BCUT2D eigenvalue weighted by molar-refractivity contribution is -0.114. The monoisotopic (exact) mass is 317 g/mol. The van der Waals surface area contributed by atoms with Gasteiger partial charge in [0.1, 0.15) is 0 Å². The third-order valence-corrected chi connectivity index (χ3v) is 5.09. The summed E-state index contributed by atoms with van der Waals surface area (Å²) in [7, 11) is 0. The van der Waals surface area contributed by atoms with Crippen molar-refractivity contribution in [3.8, 4) is 0 Å². The van der Waals surface area contributed by atoms with Crippen LogP contribution in [-0.4, -0.2) is 18.9 Å². The van der Waals surface area contributed by atoms with Crippen LogP contribution < -0.4 is 4.90 Å². The smallest absolute Gasteiger partial charge is 0.160 e. The molecular formula is C22H23NO. The van der Waals surface area contributed by atoms with Gasteiger partial charge in [-0.1, -0.05) is 36.4 Å². The second kappa shape index (κ2) is 6.64. The molecule has 1 heterocycles. The maximum absolute atomic E-state index is 11.6. The molecule has 2 nitrogen and oxygen atoms in total. The molecule has 2 aromatic rings. The molecular weight excluding hydrogens is 294 g/mol. The molecule has 0 atom stereocenters. The first-order valence-electron chi connectivity index (χ1n) is 8.94. The van der Waals surface area contributed by atoms with Crippen LogP contribution in [0.1, 0.15) is 41.5 Å². The summed E-state index contributed by atoms with van der Waals surface area (Å²) in [5.74, 6) is 0.200. The number of ketones is 1. The Bertz CT molecular complexity index is 767. The van der Waals surface area contributed by atoms with Gasteiger partial charge in [0.2, 0.25) is 0 Å². The van der Waals surface area contributed by atoms with E-state index in [1.165, 1.54) is 54.7 Å². The van der Waals surface area contributed by atoms with Gasteiger partial charge in [-0.05, 0) is 66.1 Å². The van der Waals surface area contributed by atoms with Crippen molar-refractivity contribution in [1.82, 2.24) is 0 Å². The highest BCUT2D eigenvalue weighted by atomic mass is 16.1. The van der Waals surface area contributed by atoms with Gasteiger partial charge in [0.15, 0.2) is 5.78 Å². The number of allylic oxidation sites excluding steroid dienone is 1. The minimum absolute atomic E-state index is 0.200. The highest BCUT2D eigenvalue weighted by Gasteiger charge is 2.12. The summed E-state index contributed by atoms with van der Waals surface area (Å²) in [5.41, 5.74) is 6.29. The number of benzene rings is 2. The van der Waals surface area contributed by atoms with E-state index in [1.807, 2.05) is 6.08 Å². The number of carbonyl (C=O) groups is 1. The Labute approximate surface area is 143 Å². The zero-order chi connectivity index (χ0) is 16.4. The van der Waals surface area contributed by atoms with E-state index in [9.17, 15) is 4.79 Å². The molecule has 1 aliphatic heterocycles. The number of carbonyl (C=O) groups excluding carboxylic acids is 1. The predicted octanol–water partition coefficient (Wildman–Crippen LogP) is 4.41. The van der Waals surface area contributed by atoms with E-state index in [2.05, 4.69) is 47.4 Å². The molecule has 0 unspecified atom stereocenters. The summed E-state index contributed by atoms with van der Waals surface area (Å²) in [4.78, 5) is 14.1. The zero-order valence-corrected chi connectivity index (χ0v) is 14.0. The topological polar surface area (TPSA) is 20.3 Å². The minimum atomic E-state index is 0.200. The van der Waals surface area contributed by atoms with Crippen LogP contribution in [0.4, 0.5) is 5.69 Å². The van der Waals surface area contributed by atoms with Crippen molar-refractivity contribution < 1.29 is 4.79 Å². The van der Waals surface area contributed by atoms with Crippen LogP contribution in [-0.2, 0) is 17.6 Å². The van der Waals surface area contributed by atoms with Gasteiger partial charge >= 0.3 is 0 Å². The van der Waals surface area contributed by atoms with E-state index < -0.39 is 0 Å². The molecule has 24 heavy (non-hydrogen) atoms. The quantitative estimate of drug-likeness (QED) is 0.836. The predicted molar refractivity (Wildman–Crippen MR) is 99.5 cm³/mol. The maximum atomic E-state index is 11.6. The molecule has 0 saturated carbocycles. The van der Waals surface area contributed by atoms with Crippen LogP contribution in [0, 0.1) is 0 Å². The fourth-order valence-electron chi connectivity index (χ4n) is 3.73. The van der Waals surface area contributed by atoms with E-state index in [4.69, 9.17) is 0 Å². The lowest BCUT2D eigenvalue weighted by atomic mass is 9.93. The number of hydrogen-bond donors (Lipinski definition) is 0. The van der Waals surface area contributed by atoms with Crippen LogP contribution in [0.3, 0.4) is 0 Å². The normalized spacial score (nSPS) is 17.0. The molecule has 2 aromatic carbocycles. The van der Waals surface area contributed by atoms with Crippen LogP contribution in [0.15, 0.2) is 48.5 Å². The standard InChI is InChI=1S/C22H23NO/c24-22-11-8-19-7-4-18(15-20(19)16-22)14-17-5-9-21(10-6-17)23-12-2-1-3-13-23/h4-11,15H,1-3,12-14,16H2. The zero-order valence-electron chi connectivity index (χ0n) is 14.0. The minimum Gasteiger partial charge on any atom is -0.372 e. The Balaban J connectivity index is 1.48. The van der Waals surface area contributed by atoms with E-state index >= 15 is 0 Å². The number of fused-ring (bicyclic) bond motifs is 1. The average molecular weight is 317 g/mol. The SMILES string of the molecule is O=C1C=Cc2ccc(Cc3ccc(N4CCCCC4)cc3)cc2C1. The van der Waals surface area contributed by atoms with Crippen molar-refractivity contribution in [1.29, 1.82) is 0 Å². The molecule has 1 aliphatic carbocycles. The van der Waals surface area contributed by atoms with Crippen molar-refractivity contribution in [2.24, 2.45) is 0 Å². The van der Waals surface area contributed by atoms with Gasteiger partial charge in [0.05, 0.1) is 0 Å². The van der Waals surface area contributed by atoms with E-state index in [-0.39, 0.29) is 5.78 Å². The van der Waals surface area contributed by atoms with Crippen LogP contribution in [0.5, 0.6) is 0 Å². The number of piperidine rings is 1. The Kier molecular flexibility index (Phi) is 4.20. The van der Waals surface area contributed by atoms with E-state index in [0.29, 0.717) is 6.42 Å². The summed E-state index contributed by atoms with van der Waals surface area (Å²) < 4.78 is 0. The molecule has 0 amide bonds. The molecule has 0 aromatic heterocycles. The largest absolute Gasteiger partial charge is 0.372 e. The highest BCUT2D eigenvalue weighted by Crippen LogP contribution is 2.23. The fraction of sp³-hybridized carbons (Fsp3) is 0.318. The lowest BCUT2D eigenvalue weighted by Crippen LogP contribution is -2.29. The Morgan fingerprint density at radius 2 is 1.58 bits per heavy atom. The van der Waals surface area contributed by atoms with Gasteiger partial charge in [-0.2, -0.15) is 0 Å². The van der Waals surface area contributed by atoms with Gasteiger partial charge in [0, 0.05) is 25.2 Å². The third kappa shape index (κ3) is 3.28. The van der Waals surface area contributed by atoms with Crippen molar-refractivity contribution in [3.63, 3.8) is 0 Å². The van der Waals surface area contributed by atoms with Crippen molar-refractivity contribution in [3.05, 3.63) is 70.8 Å². The molecule has 1 saturated heterocycles. The summed E-state index contributed by atoms with van der Waals surface area (Å²) in [6.45, 7) is 2.37. The first-order chi connectivity index (χ1) is 11.8.